The number of anilines is 1. The summed E-state index contributed by atoms with van der Waals surface area (Å²) in [5.41, 5.74) is -1.18. The minimum atomic E-state index is -3.79. The first-order valence-corrected chi connectivity index (χ1v) is 11.3. The van der Waals surface area contributed by atoms with Crippen LogP contribution in [0.15, 0.2) is 23.1 Å². The van der Waals surface area contributed by atoms with Crippen LogP contribution < -0.4 is 10.9 Å². The van der Waals surface area contributed by atoms with Crippen LogP contribution in [0.3, 0.4) is 0 Å². The van der Waals surface area contributed by atoms with Gasteiger partial charge in [-0.05, 0) is 45.0 Å². The molecule has 2 aliphatic rings. The number of rotatable bonds is 4. The van der Waals surface area contributed by atoms with E-state index >= 15 is 0 Å². The van der Waals surface area contributed by atoms with Gasteiger partial charge in [0, 0.05) is 42.3 Å². The highest BCUT2D eigenvalue weighted by atomic mass is 32.2. The zero-order valence-corrected chi connectivity index (χ0v) is 17.1. The first-order chi connectivity index (χ1) is 15.1. The summed E-state index contributed by atoms with van der Waals surface area (Å²) in [7, 11) is -3.79. The van der Waals surface area contributed by atoms with Gasteiger partial charge in [0.05, 0.1) is 17.9 Å². The highest BCUT2D eigenvalue weighted by Crippen LogP contribution is 2.39. The molecular weight excluding hydrogens is 394 g/mol. The Bertz CT molecular complexity index is 1230. The Morgan fingerprint density at radius 2 is 2.07 bits per heavy atom. The molecule has 0 radical (unpaired) electrons. The van der Waals surface area contributed by atoms with E-state index in [-0.39, 0.29) is 17.2 Å². The Labute approximate surface area is 175 Å². The molecule has 0 amide bonds. The first-order valence-electron chi connectivity index (χ1n) is 11.4. The van der Waals surface area contributed by atoms with Crippen LogP contribution in [-0.2, 0) is 10.0 Å². The molecule has 4 rings (SSSR count). The molecule has 3 heterocycles. The fourth-order valence-corrected chi connectivity index (χ4v) is 4.55. The summed E-state index contributed by atoms with van der Waals surface area (Å²) >= 11 is 0. The molecule has 10 heteroatoms. The maximum absolute atomic E-state index is 12.7. The fourth-order valence-electron chi connectivity index (χ4n) is 3.93. The van der Waals surface area contributed by atoms with E-state index in [0.29, 0.717) is 18.2 Å². The predicted octanol–water partition coefficient (Wildman–Crippen LogP) is 1.10. The first kappa shape index (κ1) is 15.8. The summed E-state index contributed by atoms with van der Waals surface area (Å²) in [6.45, 7) is 0.632. The molecule has 0 spiro atoms. The third kappa shape index (κ3) is 4.01. The smallest absolute Gasteiger partial charge is 0.252 e. The van der Waals surface area contributed by atoms with Gasteiger partial charge >= 0.3 is 0 Å². The van der Waals surface area contributed by atoms with Crippen molar-refractivity contribution in [2.45, 2.75) is 56.6 Å². The van der Waals surface area contributed by atoms with Crippen molar-refractivity contribution in [1.29, 1.82) is 0 Å². The zero-order valence-electron chi connectivity index (χ0n) is 20.3. The van der Waals surface area contributed by atoms with Crippen molar-refractivity contribution < 1.29 is 19.0 Å². The average molecular weight is 426 g/mol. The lowest BCUT2D eigenvalue weighted by atomic mass is 10.00. The van der Waals surface area contributed by atoms with Gasteiger partial charge in [0.2, 0.25) is 16.0 Å². The molecular formula is C19H27N5O4S. The van der Waals surface area contributed by atoms with Crippen LogP contribution >= 0.6 is 0 Å². The van der Waals surface area contributed by atoms with Gasteiger partial charge in [0.1, 0.15) is 5.65 Å². The quantitative estimate of drug-likeness (QED) is 0.753. The van der Waals surface area contributed by atoms with Crippen LogP contribution in [0, 0.1) is 0 Å². The van der Waals surface area contributed by atoms with Gasteiger partial charge in [0.25, 0.3) is 5.56 Å². The van der Waals surface area contributed by atoms with Crippen molar-refractivity contribution in [2.75, 3.05) is 24.7 Å². The monoisotopic (exact) mass is 425 g/mol. The minimum absolute atomic E-state index is 0.0926. The molecule has 158 valence electrons. The van der Waals surface area contributed by atoms with Gasteiger partial charge in [0.15, 0.2) is 0 Å². The Balaban J connectivity index is 1.74. The normalized spacial score (nSPS) is 32.3. The molecule has 2 fully saturated rings. The molecule has 0 aromatic carbocycles. The van der Waals surface area contributed by atoms with Crippen LogP contribution in [0.5, 0.6) is 0 Å². The summed E-state index contributed by atoms with van der Waals surface area (Å²) in [6.07, 6.45) is -0.305. The van der Waals surface area contributed by atoms with Crippen molar-refractivity contribution in [3.63, 3.8) is 0 Å². The number of nitrogens with zero attached hydrogens (tertiary/aromatic N) is 4. The van der Waals surface area contributed by atoms with Crippen LogP contribution in [-0.4, -0.2) is 63.4 Å². The van der Waals surface area contributed by atoms with Crippen LogP contribution in [0.2, 0.25) is 0 Å². The second kappa shape index (κ2) is 7.33. The van der Waals surface area contributed by atoms with Crippen molar-refractivity contribution in [1.82, 2.24) is 18.8 Å². The van der Waals surface area contributed by atoms with Crippen molar-refractivity contribution in [3.8, 4) is 0 Å². The summed E-state index contributed by atoms with van der Waals surface area (Å²) in [6, 6.07) is 1.00. The SMILES string of the molecule is [2H]C1([2H])CN(S(C)(=O)=O)CC([2H])([2H])C1Nc1ncc2ccc(=O)n([C@@H]3CCC[C@@]3(C)O)c2n1. The lowest BCUT2D eigenvalue weighted by molar-refractivity contribution is 0.0267. The van der Waals surface area contributed by atoms with E-state index in [1.165, 1.54) is 16.8 Å². The standard InChI is InChI=1S/C19H27N5O4S/c1-19(26)9-3-4-15(19)24-16(25)6-5-13-12-20-18(22-17(13)24)21-14-7-10-23(11-8-14)29(2,27)28/h5-6,12,14-15,26H,3-4,7-11H2,1-2H3,(H,20,21,22)/t15-,19-/m1/s1/i7D2,8D2. The molecule has 2 aromatic rings. The molecule has 29 heavy (non-hydrogen) atoms. The highest BCUT2D eigenvalue weighted by Gasteiger charge is 2.39. The van der Waals surface area contributed by atoms with Crippen LogP contribution in [0.1, 0.15) is 50.5 Å². The predicted molar refractivity (Wildman–Crippen MR) is 110 cm³/mol. The van der Waals surface area contributed by atoms with E-state index in [1.807, 2.05) is 0 Å². The number of nitrogens with one attached hydrogen (secondary N) is 1. The molecule has 1 aliphatic heterocycles. The van der Waals surface area contributed by atoms with E-state index in [0.717, 1.165) is 17.0 Å². The Morgan fingerprint density at radius 3 is 2.69 bits per heavy atom. The number of sulfonamides is 1. The Morgan fingerprint density at radius 1 is 1.34 bits per heavy atom. The van der Waals surface area contributed by atoms with Crippen molar-refractivity contribution >= 4 is 27.0 Å². The molecule has 2 N–H and O–H groups in total. The molecule has 1 saturated heterocycles. The molecule has 9 nitrogen and oxygen atoms in total. The highest BCUT2D eigenvalue weighted by molar-refractivity contribution is 7.88. The second-order valence-corrected chi connectivity index (χ2v) is 9.78. The summed E-state index contributed by atoms with van der Waals surface area (Å²) in [5.74, 6) is -0.0926. The molecule has 0 unspecified atom stereocenters. The van der Waals surface area contributed by atoms with Crippen LogP contribution in [0.4, 0.5) is 5.95 Å². The van der Waals surface area contributed by atoms with E-state index in [2.05, 4.69) is 15.3 Å². The number of hydrogen-bond donors (Lipinski definition) is 2. The van der Waals surface area contributed by atoms with Gasteiger partial charge in [-0.2, -0.15) is 4.98 Å². The third-order valence-corrected chi connectivity index (χ3v) is 6.74. The van der Waals surface area contributed by atoms with Gasteiger partial charge in [-0.15, -0.1) is 0 Å². The maximum Gasteiger partial charge on any atom is 0.252 e. The number of piperidine rings is 1. The molecule has 0 bridgehead atoms. The lowest BCUT2D eigenvalue weighted by Crippen LogP contribution is -2.42. The van der Waals surface area contributed by atoms with E-state index < -0.39 is 53.5 Å². The minimum Gasteiger partial charge on any atom is -0.388 e. The summed E-state index contributed by atoms with van der Waals surface area (Å²) < 4.78 is 59.4. The van der Waals surface area contributed by atoms with Gasteiger partial charge in [-0.3, -0.25) is 9.36 Å². The Kier molecular flexibility index (Phi) is 3.98. The summed E-state index contributed by atoms with van der Waals surface area (Å²) in [4.78, 5) is 21.3. The van der Waals surface area contributed by atoms with E-state index in [4.69, 9.17) is 5.48 Å². The maximum atomic E-state index is 12.7. The Hall–Kier alpha value is -2.04. The number of fused-ring (bicyclic) bond motifs is 1. The number of aliphatic hydroxyl groups is 1. The van der Waals surface area contributed by atoms with Gasteiger partial charge in [-0.1, -0.05) is 0 Å². The zero-order chi connectivity index (χ0) is 24.4. The molecule has 1 aliphatic carbocycles. The number of aromatic nitrogens is 3. The average Bonchev–Trinajstić information content (AvgIpc) is 3.02. The van der Waals surface area contributed by atoms with E-state index in [1.54, 1.807) is 13.0 Å². The molecule has 1 saturated carbocycles. The molecule has 2 aromatic heterocycles. The largest absolute Gasteiger partial charge is 0.388 e. The summed E-state index contributed by atoms with van der Waals surface area (Å²) in [5, 5.41) is 14.0. The van der Waals surface area contributed by atoms with Gasteiger partial charge < -0.3 is 10.4 Å². The number of hydrogen-bond acceptors (Lipinski definition) is 7. The third-order valence-electron chi connectivity index (χ3n) is 5.54. The van der Waals surface area contributed by atoms with E-state index in [9.17, 15) is 18.3 Å². The van der Waals surface area contributed by atoms with Gasteiger partial charge in [-0.25, -0.2) is 17.7 Å². The molecule has 2 atom stereocenters. The topological polar surface area (TPSA) is 117 Å². The van der Waals surface area contributed by atoms with Crippen molar-refractivity contribution in [2.24, 2.45) is 0 Å². The van der Waals surface area contributed by atoms with Crippen LogP contribution in [0.25, 0.3) is 11.0 Å². The lowest BCUT2D eigenvalue weighted by Gasteiger charge is -2.31. The second-order valence-electron chi connectivity index (χ2n) is 7.80. The van der Waals surface area contributed by atoms with Crippen molar-refractivity contribution in [3.05, 3.63) is 28.7 Å². The number of pyridine rings is 1. The fraction of sp³-hybridized carbons (Fsp3) is 0.632.